The first-order valence-corrected chi connectivity index (χ1v) is 7.64. The molecule has 1 N–H and O–H groups in total. The van der Waals surface area contributed by atoms with Gasteiger partial charge in [-0.05, 0) is 24.6 Å². The van der Waals surface area contributed by atoms with E-state index >= 15 is 0 Å². The van der Waals surface area contributed by atoms with Crippen LogP contribution in [0.4, 0.5) is 0 Å². The number of hydrogen-bond acceptors (Lipinski definition) is 2. The van der Waals surface area contributed by atoms with Crippen molar-refractivity contribution in [1.82, 2.24) is 4.98 Å². The molecule has 0 amide bonds. The third-order valence-electron chi connectivity index (χ3n) is 3.09. The van der Waals surface area contributed by atoms with Crippen molar-refractivity contribution in [2.45, 2.75) is 52.1 Å². The molecule has 0 aliphatic heterocycles. The molecule has 0 aliphatic rings. The van der Waals surface area contributed by atoms with E-state index in [0.717, 1.165) is 6.54 Å². The molecule has 80 valence electrons. The molecule has 0 spiro atoms. The standard InChI is InChI=1S/C10H25NOSi/c1-7-9-10(3,4)13(6,12-5)11-8-2/h11H,7-9H2,1-6H3. The highest BCUT2D eigenvalue weighted by Gasteiger charge is 2.43. The maximum atomic E-state index is 5.72. The molecule has 13 heavy (non-hydrogen) atoms. The van der Waals surface area contributed by atoms with E-state index in [4.69, 9.17) is 4.43 Å². The third-order valence-corrected chi connectivity index (χ3v) is 7.77. The fourth-order valence-corrected chi connectivity index (χ4v) is 4.37. The number of hydrogen-bond donors (Lipinski definition) is 1. The van der Waals surface area contributed by atoms with Crippen molar-refractivity contribution < 1.29 is 4.43 Å². The van der Waals surface area contributed by atoms with Gasteiger partial charge in [0.15, 0.2) is 0 Å². The first-order chi connectivity index (χ1) is 5.93. The average Bonchev–Trinajstić information content (AvgIpc) is 2.04. The minimum absolute atomic E-state index is 0.312. The van der Waals surface area contributed by atoms with E-state index in [2.05, 4.69) is 39.2 Å². The zero-order chi connectivity index (χ0) is 10.5. The quantitative estimate of drug-likeness (QED) is 0.670. The van der Waals surface area contributed by atoms with E-state index in [9.17, 15) is 0 Å². The molecule has 0 saturated heterocycles. The van der Waals surface area contributed by atoms with E-state index in [0.29, 0.717) is 5.04 Å². The van der Waals surface area contributed by atoms with Crippen LogP contribution in [0.15, 0.2) is 0 Å². The molecule has 0 rings (SSSR count). The Morgan fingerprint density at radius 1 is 1.31 bits per heavy atom. The SMILES string of the molecule is CCCC(C)(C)[Si](C)(NCC)OC. The molecule has 1 atom stereocenters. The minimum Gasteiger partial charge on any atom is -0.406 e. The van der Waals surface area contributed by atoms with Gasteiger partial charge in [-0.15, -0.1) is 0 Å². The molecule has 0 bridgehead atoms. The highest BCUT2D eigenvalue weighted by atomic mass is 28.4. The van der Waals surface area contributed by atoms with Crippen LogP contribution < -0.4 is 4.98 Å². The molecule has 0 aliphatic carbocycles. The van der Waals surface area contributed by atoms with Gasteiger partial charge >= 0.3 is 0 Å². The van der Waals surface area contributed by atoms with Gasteiger partial charge in [0, 0.05) is 7.11 Å². The van der Waals surface area contributed by atoms with E-state index in [-0.39, 0.29) is 0 Å². The molecule has 3 heteroatoms. The molecule has 2 nitrogen and oxygen atoms in total. The van der Waals surface area contributed by atoms with Crippen LogP contribution in [0, 0.1) is 0 Å². The molecule has 1 unspecified atom stereocenters. The molecule has 0 aromatic carbocycles. The first-order valence-electron chi connectivity index (χ1n) is 5.23. The molecule has 0 radical (unpaired) electrons. The van der Waals surface area contributed by atoms with Crippen molar-refractivity contribution in [1.29, 1.82) is 0 Å². The van der Waals surface area contributed by atoms with Crippen molar-refractivity contribution in [3.63, 3.8) is 0 Å². The fraction of sp³-hybridized carbons (Fsp3) is 1.00. The third kappa shape index (κ3) is 3.08. The summed E-state index contributed by atoms with van der Waals surface area (Å²) < 4.78 is 5.72. The second-order valence-electron chi connectivity index (χ2n) is 4.40. The Hall–Kier alpha value is 0.137. The highest BCUT2D eigenvalue weighted by molar-refractivity contribution is 6.73. The van der Waals surface area contributed by atoms with Crippen LogP contribution in [0.5, 0.6) is 0 Å². The zero-order valence-corrected chi connectivity index (χ0v) is 11.0. The molecule has 0 saturated carbocycles. The lowest BCUT2D eigenvalue weighted by molar-refractivity contribution is 0.337. The fourth-order valence-electron chi connectivity index (χ4n) is 1.79. The first kappa shape index (κ1) is 13.1. The largest absolute Gasteiger partial charge is 0.406 e. The summed E-state index contributed by atoms with van der Waals surface area (Å²) in [5, 5.41) is 0.312. The predicted octanol–water partition coefficient (Wildman–Crippen LogP) is 2.89. The van der Waals surface area contributed by atoms with Crippen LogP contribution in [-0.4, -0.2) is 22.1 Å². The molecule has 0 fully saturated rings. The van der Waals surface area contributed by atoms with Crippen LogP contribution >= 0.6 is 0 Å². The highest BCUT2D eigenvalue weighted by Crippen LogP contribution is 2.39. The monoisotopic (exact) mass is 203 g/mol. The molecular weight excluding hydrogens is 178 g/mol. The Morgan fingerprint density at radius 3 is 2.15 bits per heavy atom. The topological polar surface area (TPSA) is 21.3 Å². The lowest BCUT2D eigenvalue weighted by Crippen LogP contribution is -2.57. The number of rotatable bonds is 6. The van der Waals surface area contributed by atoms with Crippen molar-refractivity contribution in [2.24, 2.45) is 0 Å². The van der Waals surface area contributed by atoms with Gasteiger partial charge in [0.1, 0.15) is 0 Å². The average molecular weight is 203 g/mol. The van der Waals surface area contributed by atoms with E-state index in [1.54, 1.807) is 0 Å². The van der Waals surface area contributed by atoms with Gasteiger partial charge in [-0.2, -0.15) is 0 Å². The predicted molar refractivity (Wildman–Crippen MR) is 61.3 cm³/mol. The van der Waals surface area contributed by atoms with Crippen molar-refractivity contribution >= 4 is 8.48 Å². The van der Waals surface area contributed by atoms with Gasteiger partial charge in [0.2, 0.25) is 0 Å². The Morgan fingerprint density at radius 2 is 1.85 bits per heavy atom. The second kappa shape index (κ2) is 5.13. The summed E-state index contributed by atoms with van der Waals surface area (Å²) in [7, 11) is 0.118. The van der Waals surface area contributed by atoms with Crippen LogP contribution in [-0.2, 0) is 4.43 Å². The summed E-state index contributed by atoms with van der Waals surface area (Å²) in [6, 6.07) is 0. The summed E-state index contributed by atoms with van der Waals surface area (Å²) in [6.45, 7) is 12.3. The minimum atomic E-state index is -1.72. The zero-order valence-electron chi connectivity index (χ0n) is 10.0. The smallest absolute Gasteiger partial charge is 0.270 e. The van der Waals surface area contributed by atoms with Crippen LogP contribution in [0.25, 0.3) is 0 Å². The van der Waals surface area contributed by atoms with Gasteiger partial charge in [-0.3, -0.25) is 0 Å². The maximum absolute atomic E-state index is 5.72. The summed E-state index contributed by atoms with van der Waals surface area (Å²) in [5.74, 6) is 0. The van der Waals surface area contributed by atoms with Crippen LogP contribution in [0.3, 0.4) is 0 Å². The lowest BCUT2D eigenvalue weighted by Gasteiger charge is -2.40. The maximum Gasteiger partial charge on any atom is 0.270 e. The van der Waals surface area contributed by atoms with Crippen molar-refractivity contribution in [2.75, 3.05) is 13.7 Å². The van der Waals surface area contributed by atoms with Crippen LogP contribution in [0.2, 0.25) is 11.6 Å². The van der Waals surface area contributed by atoms with Crippen LogP contribution in [0.1, 0.15) is 40.5 Å². The Bertz CT molecular complexity index is 150. The number of nitrogens with one attached hydrogen (secondary N) is 1. The van der Waals surface area contributed by atoms with E-state index < -0.39 is 8.48 Å². The second-order valence-corrected chi connectivity index (χ2v) is 8.58. The summed E-state index contributed by atoms with van der Waals surface area (Å²) in [6.07, 6.45) is 2.46. The molecular formula is C10H25NOSi. The summed E-state index contributed by atoms with van der Waals surface area (Å²) in [4.78, 5) is 3.55. The normalized spacial score (nSPS) is 17.1. The van der Waals surface area contributed by atoms with E-state index in [1.807, 2.05) is 7.11 Å². The molecule has 0 aromatic heterocycles. The van der Waals surface area contributed by atoms with Gasteiger partial charge in [-0.25, -0.2) is 0 Å². The summed E-state index contributed by atoms with van der Waals surface area (Å²) in [5.41, 5.74) is 0. The Labute approximate surface area is 84.3 Å². The van der Waals surface area contributed by atoms with Gasteiger partial charge in [0.25, 0.3) is 8.48 Å². The van der Waals surface area contributed by atoms with E-state index in [1.165, 1.54) is 12.8 Å². The van der Waals surface area contributed by atoms with Crippen molar-refractivity contribution in [3.05, 3.63) is 0 Å². The van der Waals surface area contributed by atoms with Gasteiger partial charge in [-0.1, -0.05) is 34.1 Å². The molecule has 0 aromatic rings. The Kier molecular flexibility index (Phi) is 5.18. The van der Waals surface area contributed by atoms with Gasteiger partial charge < -0.3 is 9.41 Å². The van der Waals surface area contributed by atoms with Gasteiger partial charge in [0.05, 0.1) is 0 Å². The molecule has 0 heterocycles. The van der Waals surface area contributed by atoms with Crippen molar-refractivity contribution in [3.8, 4) is 0 Å². The summed E-state index contributed by atoms with van der Waals surface area (Å²) >= 11 is 0. The lowest BCUT2D eigenvalue weighted by atomic mass is 10.1. The Balaban J connectivity index is 4.51.